The van der Waals surface area contributed by atoms with E-state index in [-0.39, 0.29) is 6.10 Å². The molecule has 4 bridgehead atoms. The normalized spacial score (nSPS) is 43.8. The molecule has 0 heterocycles. The van der Waals surface area contributed by atoms with E-state index in [2.05, 4.69) is 45.0 Å². The van der Waals surface area contributed by atoms with Crippen molar-refractivity contribution < 1.29 is 5.11 Å². The lowest BCUT2D eigenvalue weighted by atomic mass is 9.62. The second-order valence-corrected chi connectivity index (χ2v) is 9.10. The maximum atomic E-state index is 11.2. The van der Waals surface area contributed by atoms with Crippen LogP contribution in [0.3, 0.4) is 0 Å². The van der Waals surface area contributed by atoms with Gasteiger partial charge in [0.25, 0.3) is 0 Å². The maximum Gasteiger partial charge on any atom is 0.0826 e. The first-order valence-corrected chi connectivity index (χ1v) is 9.18. The zero-order valence-corrected chi connectivity index (χ0v) is 14.3. The molecule has 0 spiro atoms. The van der Waals surface area contributed by atoms with E-state index in [9.17, 15) is 5.11 Å². The molecule has 120 valence electrons. The second kappa shape index (κ2) is 4.84. The van der Waals surface area contributed by atoms with Crippen molar-refractivity contribution in [2.75, 3.05) is 0 Å². The van der Waals surface area contributed by atoms with Crippen LogP contribution in [0, 0.1) is 34.5 Å². The molecule has 6 atom stereocenters. The Labute approximate surface area is 135 Å². The Morgan fingerprint density at radius 2 is 1.77 bits per heavy atom. The molecule has 1 nitrogen and oxygen atoms in total. The minimum atomic E-state index is -0.280. The van der Waals surface area contributed by atoms with E-state index in [0.717, 1.165) is 23.3 Å². The molecule has 1 heteroatoms. The highest BCUT2D eigenvalue weighted by atomic mass is 16.3. The minimum absolute atomic E-state index is 0.280. The summed E-state index contributed by atoms with van der Waals surface area (Å²) < 4.78 is 0. The maximum absolute atomic E-state index is 11.2. The van der Waals surface area contributed by atoms with E-state index < -0.39 is 0 Å². The van der Waals surface area contributed by atoms with Gasteiger partial charge in [-0.25, -0.2) is 0 Å². The lowest BCUT2D eigenvalue weighted by Crippen LogP contribution is -2.37. The van der Waals surface area contributed by atoms with E-state index >= 15 is 0 Å². The van der Waals surface area contributed by atoms with Crippen LogP contribution in [0.1, 0.15) is 64.5 Å². The predicted molar refractivity (Wildman–Crippen MR) is 90.3 cm³/mol. The number of hydrogen-bond donors (Lipinski definition) is 1. The summed E-state index contributed by atoms with van der Waals surface area (Å²) in [6.45, 7) is 7.49. The molecule has 4 rings (SSSR count). The summed E-state index contributed by atoms with van der Waals surface area (Å²) in [7, 11) is 0. The van der Waals surface area contributed by atoms with Gasteiger partial charge in [0.05, 0.1) is 6.10 Å². The van der Waals surface area contributed by atoms with Crippen molar-refractivity contribution in [1.82, 2.24) is 0 Å². The van der Waals surface area contributed by atoms with Crippen LogP contribution in [-0.4, -0.2) is 5.11 Å². The van der Waals surface area contributed by atoms with Crippen molar-refractivity contribution >= 4 is 0 Å². The first-order valence-electron chi connectivity index (χ1n) is 9.18. The quantitative estimate of drug-likeness (QED) is 0.794. The van der Waals surface area contributed by atoms with Gasteiger partial charge in [0.1, 0.15) is 0 Å². The van der Waals surface area contributed by atoms with Gasteiger partial charge in [0.15, 0.2) is 0 Å². The third-order valence-corrected chi connectivity index (χ3v) is 7.70. The fourth-order valence-corrected chi connectivity index (χ4v) is 6.93. The van der Waals surface area contributed by atoms with Gasteiger partial charge >= 0.3 is 0 Å². The Kier molecular flexibility index (Phi) is 3.24. The van der Waals surface area contributed by atoms with Crippen molar-refractivity contribution in [3.8, 4) is 0 Å². The summed E-state index contributed by atoms with van der Waals surface area (Å²) in [6.07, 6.45) is 6.46. The van der Waals surface area contributed by atoms with Crippen molar-refractivity contribution in [2.45, 2.75) is 59.0 Å². The van der Waals surface area contributed by atoms with E-state index in [0.29, 0.717) is 16.7 Å². The van der Waals surface area contributed by atoms with Crippen molar-refractivity contribution in [3.05, 3.63) is 35.9 Å². The molecule has 0 radical (unpaired) electrons. The van der Waals surface area contributed by atoms with Gasteiger partial charge in [0.2, 0.25) is 0 Å². The van der Waals surface area contributed by atoms with E-state index in [1.807, 2.05) is 6.07 Å². The van der Waals surface area contributed by atoms with Crippen molar-refractivity contribution in [3.63, 3.8) is 0 Å². The van der Waals surface area contributed by atoms with Crippen LogP contribution < -0.4 is 0 Å². The third kappa shape index (κ3) is 1.87. The highest BCUT2D eigenvalue weighted by Gasteiger charge is 2.66. The van der Waals surface area contributed by atoms with Gasteiger partial charge in [-0.05, 0) is 65.7 Å². The second-order valence-electron chi connectivity index (χ2n) is 9.10. The van der Waals surface area contributed by atoms with E-state index in [1.165, 1.54) is 32.1 Å². The number of hydrogen-bond acceptors (Lipinski definition) is 1. The Hall–Kier alpha value is -0.820. The molecule has 0 aromatic heterocycles. The molecule has 0 aliphatic heterocycles. The van der Waals surface area contributed by atoms with Crippen LogP contribution in [0.15, 0.2) is 30.3 Å². The molecular weight excluding hydrogens is 268 g/mol. The van der Waals surface area contributed by atoms with E-state index in [1.54, 1.807) is 0 Å². The Bertz CT molecular complexity index is 548. The summed E-state index contributed by atoms with van der Waals surface area (Å²) in [5, 5.41) is 11.2. The van der Waals surface area contributed by atoms with Crippen LogP contribution in [0.25, 0.3) is 0 Å². The molecule has 1 aromatic carbocycles. The summed E-state index contributed by atoms with van der Waals surface area (Å²) in [5.41, 5.74) is 1.93. The molecular formula is C21H30O. The molecule has 3 aliphatic carbocycles. The lowest BCUT2D eigenvalue weighted by Gasteiger charge is -2.44. The molecule has 0 saturated heterocycles. The van der Waals surface area contributed by atoms with Gasteiger partial charge in [-0.1, -0.05) is 57.5 Å². The van der Waals surface area contributed by atoms with Crippen LogP contribution in [0.2, 0.25) is 0 Å². The molecule has 3 aliphatic rings. The fraction of sp³-hybridized carbons (Fsp3) is 0.714. The van der Waals surface area contributed by atoms with Crippen LogP contribution in [0.5, 0.6) is 0 Å². The molecule has 22 heavy (non-hydrogen) atoms. The Balaban J connectivity index is 1.75. The monoisotopic (exact) mass is 298 g/mol. The summed E-state index contributed by atoms with van der Waals surface area (Å²) in [6, 6.07) is 10.4. The lowest BCUT2D eigenvalue weighted by molar-refractivity contribution is -0.0229. The number of benzene rings is 1. The average Bonchev–Trinajstić information content (AvgIpc) is 2.99. The van der Waals surface area contributed by atoms with Crippen LogP contribution in [-0.2, 0) is 0 Å². The van der Waals surface area contributed by atoms with Gasteiger partial charge in [0, 0.05) is 0 Å². The summed E-state index contributed by atoms with van der Waals surface area (Å²) >= 11 is 0. The Morgan fingerprint density at radius 1 is 1.05 bits per heavy atom. The SMILES string of the molecule is CC1(C)CCC[C@]2(C)[C@@H]([C@H](O)c3ccccc3)[C@H]3CC[C@@H]2[C@H]31. The van der Waals surface area contributed by atoms with Gasteiger partial charge < -0.3 is 5.11 Å². The number of aliphatic hydroxyl groups excluding tert-OH is 1. The highest BCUT2D eigenvalue weighted by Crippen LogP contribution is 2.72. The molecule has 3 saturated carbocycles. The van der Waals surface area contributed by atoms with Gasteiger partial charge in [-0.2, -0.15) is 0 Å². The third-order valence-electron chi connectivity index (χ3n) is 7.70. The number of rotatable bonds is 2. The molecule has 1 aromatic rings. The van der Waals surface area contributed by atoms with Crippen LogP contribution in [0.4, 0.5) is 0 Å². The molecule has 0 unspecified atom stereocenters. The van der Waals surface area contributed by atoms with Crippen molar-refractivity contribution in [2.24, 2.45) is 34.5 Å². The Morgan fingerprint density at radius 3 is 2.50 bits per heavy atom. The smallest absolute Gasteiger partial charge is 0.0826 e. The summed E-state index contributed by atoms with van der Waals surface area (Å²) in [5.74, 6) is 2.83. The van der Waals surface area contributed by atoms with Gasteiger partial charge in [-0.15, -0.1) is 0 Å². The average molecular weight is 298 g/mol. The first kappa shape index (κ1) is 14.8. The molecule has 3 fully saturated rings. The first-order chi connectivity index (χ1) is 10.5. The molecule has 0 amide bonds. The standard InChI is InChI=1S/C21H30O/c1-20(2)12-7-13-21(3)16-11-10-15(17(16)20)18(21)19(22)14-8-5-4-6-9-14/h4-6,8-9,15-19,22H,7,10-13H2,1-3H3/t15-,16+,17-,18+,19+,21-/m0/s1. The number of aliphatic hydroxyl groups is 1. The predicted octanol–water partition coefficient (Wildman–Crippen LogP) is 5.21. The van der Waals surface area contributed by atoms with Gasteiger partial charge in [-0.3, -0.25) is 0 Å². The van der Waals surface area contributed by atoms with Crippen LogP contribution >= 0.6 is 0 Å². The zero-order valence-electron chi connectivity index (χ0n) is 14.3. The highest BCUT2D eigenvalue weighted by molar-refractivity contribution is 5.23. The summed E-state index contributed by atoms with van der Waals surface area (Å²) in [4.78, 5) is 0. The molecule has 1 N–H and O–H groups in total. The minimum Gasteiger partial charge on any atom is -0.388 e. The largest absolute Gasteiger partial charge is 0.388 e. The fourth-order valence-electron chi connectivity index (χ4n) is 6.93. The van der Waals surface area contributed by atoms with Crippen molar-refractivity contribution in [1.29, 1.82) is 0 Å². The zero-order chi connectivity index (χ0) is 15.5. The van der Waals surface area contributed by atoms with E-state index in [4.69, 9.17) is 0 Å². The topological polar surface area (TPSA) is 20.2 Å².